The van der Waals surface area contributed by atoms with Crippen molar-refractivity contribution in [2.45, 2.75) is 120 Å². The van der Waals surface area contributed by atoms with Crippen LogP contribution in [0.5, 0.6) is 0 Å². The van der Waals surface area contributed by atoms with Gasteiger partial charge in [-0.2, -0.15) is 0 Å². The van der Waals surface area contributed by atoms with E-state index in [1.165, 1.54) is 32.1 Å². The predicted molar refractivity (Wildman–Crippen MR) is 130 cm³/mol. The van der Waals surface area contributed by atoms with Gasteiger partial charge in [-0.25, -0.2) is 0 Å². The van der Waals surface area contributed by atoms with Crippen LogP contribution >= 0.6 is 0 Å². The summed E-state index contributed by atoms with van der Waals surface area (Å²) in [6.07, 6.45) is 11.0. The summed E-state index contributed by atoms with van der Waals surface area (Å²) in [6.45, 7) is 19.6. The minimum Gasteiger partial charge on any atom is -0.299 e. The Morgan fingerprint density at radius 3 is 2.06 bits per heavy atom. The lowest BCUT2D eigenvalue weighted by atomic mass is 9.30. The molecule has 2 nitrogen and oxygen atoms in total. The van der Waals surface area contributed by atoms with E-state index in [1.807, 2.05) is 0 Å². The summed E-state index contributed by atoms with van der Waals surface area (Å²) >= 11 is 0. The highest BCUT2D eigenvalue weighted by atomic mass is 16.1. The molecule has 32 heavy (non-hydrogen) atoms. The molecule has 5 rings (SSSR count). The van der Waals surface area contributed by atoms with Crippen LogP contribution in [0.15, 0.2) is 0 Å². The van der Waals surface area contributed by atoms with E-state index < -0.39 is 0 Å². The van der Waals surface area contributed by atoms with Gasteiger partial charge in [-0.1, -0.05) is 55.4 Å². The molecule has 9 atom stereocenters. The Morgan fingerprint density at radius 2 is 1.38 bits per heavy atom. The summed E-state index contributed by atoms with van der Waals surface area (Å²) in [4.78, 5) is 26.7. The first kappa shape index (κ1) is 23.1. The second-order valence-electron chi connectivity index (χ2n) is 15.2. The zero-order valence-corrected chi connectivity index (χ0v) is 22.2. The molecule has 0 amide bonds. The molecule has 9 unspecified atom stereocenters. The average Bonchev–Trinajstić information content (AvgIpc) is 2.70. The standard InChI is InChI=1S/C30H48O2/c1-19-20(31)9-10-21-26(19,4)12-11-22-27(21,5)15-16-29(7)23-17-25(2,3)13-14-28(23,6)24(32)18-30(22,29)8/h19,21-23H,9-18H2,1-8H3. The van der Waals surface area contributed by atoms with E-state index in [0.29, 0.717) is 34.7 Å². The largest absolute Gasteiger partial charge is 0.299 e. The first-order chi connectivity index (χ1) is 14.6. The van der Waals surface area contributed by atoms with Gasteiger partial charge in [0.1, 0.15) is 11.6 Å². The van der Waals surface area contributed by atoms with E-state index >= 15 is 0 Å². The molecule has 5 aliphatic carbocycles. The summed E-state index contributed by atoms with van der Waals surface area (Å²) in [7, 11) is 0. The summed E-state index contributed by atoms with van der Waals surface area (Å²) in [5.74, 6) is 2.98. The highest BCUT2D eigenvalue weighted by molar-refractivity contribution is 5.87. The maximum Gasteiger partial charge on any atom is 0.139 e. The zero-order chi connectivity index (χ0) is 23.5. The Labute approximate surface area is 197 Å². The number of ketones is 2. The van der Waals surface area contributed by atoms with Gasteiger partial charge in [0.15, 0.2) is 0 Å². The van der Waals surface area contributed by atoms with Crippen molar-refractivity contribution < 1.29 is 9.59 Å². The average molecular weight is 441 g/mol. The van der Waals surface area contributed by atoms with Crippen LogP contribution in [0, 0.1) is 56.2 Å². The Balaban J connectivity index is 1.58. The molecule has 0 N–H and O–H groups in total. The van der Waals surface area contributed by atoms with Crippen LogP contribution in [-0.4, -0.2) is 11.6 Å². The molecule has 0 spiro atoms. The van der Waals surface area contributed by atoms with Crippen molar-refractivity contribution >= 4 is 11.6 Å². The van der Waals surface area contributed by atoms with Gasteiger partial charge in [0.05, 0.1) is 0 Å². The lowest BCUT2D eigenvalue weighted by molar-refractivity contribution is -0.247. The van der Waals surface area contributed by atoms with Crippen molar-refractivity contribution in [2.75, 3.05) is 0 Å². The van der Waals surface area contributed by atoms with E-state index in [1.54, 1.807) is 0 Å². The van der Waals surface area contributed by atoms with Crippen molar-refractivity contribution in [1.29, 1.82) is 0 Å². The van der Waals surface area contributed by atoms with Gasteiger partial charge in [-0.3, -0.25) is 9.59 Å². The molecule has 2 heteroatoms. The molecule has 5 fully saturated rings. The monoisotopic (exact) mass is 440 g/mol. The highest BCUT2D eigenvalue weighted by Gasteiger charge is 2.72. The molecule has 0 radical (unpaired) electrons. The first-order valence-corrected chi connectivity index (χ1v) is 13.7. The number of rotatable bonds is 0. The van der Waals surface area contributed by atoms with Gasteiger partial charge in [0, 0.05) is 24.2 Å². The van der Waals surface area contributed by atoms with Crippen LogP contribution in [-0.2, 0) is 9.59 Å². The van der Waals surface area contributed by atoms with Crippen molar-refractivity contribution in [1.82, 2.24) is 0 Å². The molecule has 0 heterocycles. The van der Waals surface area contributed by atoms with Gasteiger partial charge in [-0.05, 0) is 96.2 Å². The zero-order valence-electron chi connectivity index (χ0n) is 22.2. The lowest BCUT2D eigenvalue weighted by Crippen LogP contribution is -2.69. The number of carbonyl (C=O) groups excluding carboxylic acids is 2. The third kappa shape index (κ3) is 2.59. The van der Waals surface area contributed by atoms with Crippen molar-refractivity contribution in [2.24, 2.45) is 56.2 Å². The van der Waals surface area contributed by atoms with Crippen LogP contribution in [0.25, 0.3) is 0 Å². The molecule has 180 valence electrons. The van der Waals surface area contributed by atoms with Crippen LogP contribution in [0.3, 0.4) is 0 Å². The number of fused-ring (bicyclic) bond motifs is 7. The number of hydrogen-bond donors (Lipinski definition) is 0. The second-order valence-corrected chi connectivity index (χ2v) is 15.2. The van der Waals surface area contributed by atoms with E-state index in [4.69, 9.17) is 0 Å². The van der Waals surface area contributed by atoms with Crippen molar-refractivity contribution in [3.05, 3.63) is 0 Å². The van der Waals surface area contributed by atoms with Crippen LogP contribution in [0.1, 0.15) is 120 Å². The maximum atomic E-state index is 13.9. The minimum absolute atomic E-state index is 0.0840. The summed E-state index contributed by atoms with van der Waals surface area (Å²) in [6, 6.07) is 0. The molecule has 5 saturated carbocycles. The molecular weight excluding hydrogens is 392 g/mol. The fourth-order valence-corrected chi connectivity index (χ4v) is 11.0. The Bertz CT molecular complexity index is 857. The fourth-order valence-electron chi connectivity index (χ4n) is 11.0. The molecule has 0 aliphatic heterocycles. The molecule has 0 aromatic carbocycles. The highest BCUT2D eigenvalue weighted by Crippen LogP contribution is 2.77. The molecule has 0 aromatic rings. The summed E-state index contributed by atoms with van der Waals surface area (Å²) in [5, 5.41) is 0. The molecule has 0 saturated heterocycles. The van der Waals surface area contributed by atoms with Gasteiger partial charge in [0.25, 0.3) is 0 Å². The number of carbonyl (C=O) groups is 2. The van der Waals surface area contributed by atoms with E-state index in [0.717, 1.165) is 32.1 Å². The van der Waals surface area contributed by atoms with Crippen LogP contribution in [0.4, 0.5) is 0 Å². The topological polar surface area (TPSA) is 34.1 Å². The summed E-state index contributed by atoms with van der Waals surface area (Å²) < 4.78 is 0. The van der Waals surface area contributed by atoms with Crippen LogP contribution < -0.4 is 0 Å². The Hall–Kier alpha value is -0.660. The maximum absolute atomic E-state index is 13.9. The third-order valence-corrected chi connectivity index (χ3v) is 13.5. The van der Waals surface area contributed by atoms with Gasteiger partial charge in [-0.15, -0.1) is 0 Å². The van der Waals surface area contributed by atoms with Crippen molar-refractivity contribution in [3.63, 3.8) is 0 Å². The molecule has 0 bridgehead atoms. The number of hydrogen-bond acceptors (Lipinski definition) is 2. The van der Waals surface area contributed by atoms with E-state index in [-0.39, 0.29) is 33.0 Å². The minimum atomic E-state index is -0.119. The predicted octanol–water partition coefficient (Wildman–Crippen LogP) is 7.64. The van der Waals surface area contributed by atoms with Crippen LogP contribution in [0.2, 0.25) is 0 Å². The Kier molecular flexibility index (Phi) is 4.70. The molecular formula is C30H48O2. The Morgan fingerprint density at radius 1 is 0.688 bits per heavy atom. The van der Waals surface area contributed by atoms with E-state index in [9.17, 15) is 9.59 Å². The quantitative estimate of drug-likeness (QED) is 0.388. The number of Topliss-reactive ketones (excluding diaryl/α,β-unsaturated/α-hetero) is 2. The smallest absolute Gasteiger partial charge is 0.139 e. The van der Waals surface area contributed by atoms with Gasteiger partial charge < -0.3 is 0 Å². The lowest BCUT2D eigenvalue weighted by Gasteiger charge is -2.74. The molecule has 0 aromatic heterocycles. The van der Waals surface area contributed by atoms with E-state index in [2.05, 4.69) is 55.4 Å². The molecule has 5 aliphatic rings. The van der Waals surface area contributed by atoms with Gasteiger partial charge in [0.2, 0.25) is 0 Å². The summed E-state index contributed by atoms with van der Waals surface area (Å²) in [5.41, 5.74) is 0.949. The second kappa shape index (κ2) is 6.51. The van der Waals surface area contributed by atoms with Gasteiger partial charge >= 0.3 is 0 Å². The fraction of sp³-hybridized carbons (Fsp3) is 0.933. The SMILES string of the molecule is CC1C(=O)CCC2C1(C)CCC1C2(C)CCC2(C)C3CC(C)(C)CCC3(C)C(=O)CC12C. The first-order valence-electron chi connectivity index (χ1n) is 13.7. The van der Waals surface area contributed by atoms with Crippen molar-refractivity contribution in [3.8, 4) is 0 Å². The third-order valence-electron chi connectivity index (χ3n) is 13.5. The normalized spacial score (nSPS) is 57.1.